The lowest BCUT2D eigenvalue weighted by Gasteiger charge is -2.14. The highest BCUT2D eigenvalue weighted by molar-refractivity contribution is 4.51. The summed E-state index contributed by atoms with van der Waals surface area (Å²) in [7, 11) is 2.23. The third kappa shape index (κ3) is 9.88. The molecule has 0 unspecified atom stereocenters. The summed E-state index contributed by atoms with van der Waals surface area (Å²) in [6.45, 7) is 7.07. The highest BCUT2D eigenvalue weighted by Crippen LogP contribution is 2.05. The van der Waals surface area contributed by atoms with E-state index < -0.39 is 0 Å². The Morgan fingerprint density at radius 2 is 1.31 bits per heavy atom. The standard InChI is InChI=1S/C12H27N/c1-4-6-7-8-9-10-12-13(3)11-5-2/h4-12H2,1-3H3. The van der Waals surface area contributed by atoms with Gasteiger partial charge in [-0.05, 0) is 33.0 Å². The molecule has 0 aromatic carbocycles. The summed E-state index contributed by atoms with van der Waals surface area (Å²) in [4.78, 5) is 2.44. The van der Waals surface area contributed by atoms with Gasteiger partial charge in [-0.2, -0.15) is 0 Å². The van der Waals surface area contributed by atoms with Gasteiger partial charge in [-0.15, -0.1) is 0 Å². The fourth-order valence-electron chi connectivity index (χ4n) is 1.66. The molecule has 0 rings (SSSR count). The molecule has 0 saturated heterocycles. The molecule has 0 aliphatic heterocycles. The van der Waals surface area contributed by atoms with Crippen molar-refractivity contribution in [1.82, 2.24) is 4.90 Å². The van der Waals surface area contributed by atoms with Crippen molar-refractivity contribution in [2.45, 2.75) is 58.8 Å². The molecule has 0 fully saturated rings. The van der Waals surface area contributed by atoms with Crippen LogP contribution >= 0.6 is 0 Å². The number of hydrogen-bond acceptors (Lipinski definition) is 1. The Balaban J connectivity index is 2.97. The lowest BCUT2D eigenvalue weighted by molar-refractivity contribution is 0.324. The zero-order valence-corrected chi connectivity index (χ0v) is 9.81. The van der Waals surface area contributed by atoms with Gasteiger partial charge in [0.15, 0.2) is 0 Å². The van der Waals surface area contributed by atoms with Gasteiger partial charge in [-0.1, -0.05) is 46.0 Å². The van der Waals surface area contributed by atoms with E-state index in [2.05, 4.69) is 25.8 Å². The van der Waals surface area contributed by atoms with Crippen molar-refractivity contribution >= 4 is 0 Å². The van der Waals surface area contributed by atoms with E-state index in [1.807, 2.05) is 0 Å². The fourth-order valence-corrected chi connectivity index (χ4v) is 1.66. The van der Waals surface area contributed by atoms with Crippen LogP contribution in [0.2, 0.25) is 0 Å². The third-order valence-electron chi connectivity index (χ3n) is 2.50. The number of unbranched alkanes of at least 4 members (excludes halogenated alkanes) is 5. The van der Waals surface area contributed by atoms with Crippen LogP contribution < -0.4 is 0 Å². The average molecular weight is 185 g/mol. The van der Waals surface area contributed by atoms with Crippen molar-refractivity contribution in [1.29, 1.82) is 0 Å². The topological polar surface area (TPSA) is 3.24 Å². The van der Waals surface area contributed by atoms with Gasteiger partial charge in [0.05, 0.1) is 0 Å². The molecule has 0 saturated carbocycles. The molecule has 80 valence electrons. The van der Waals surface area contributed by atoms with E-state index in [0.717, 1.165) is 0 Å². The van der Waals surface area contributed by atoms with Gasteiger partial charge in [0.25, 0.3) is 0 Å². The van der Waals surface area contributed by atoms with Crippen molar-refractivity contribution in [2.24, 2.45) is 0 Å². The molecule has 0 bridgehead atoms. The molecule has 1 heteroatoms. The van der Waals surface area contributed by atoms with Crippen LogP contribution in [0.25, 0.3) is 0 Å². The molecule has 0 radical (unpaired) electrons. The van der Waals surface area contributed by atoms with Crippen molar-refractivity contribution in [3.05, 3.63) is 0 Å². The van der Waals surface area contributed by atoms with E-state index in [4.69, 9.17) is 0 Å². The van der Waals surface area contributed by atoms with Crippen LogP contribution in [0, 0.1) is 0 Å². The molecule has 1 nitrogen and oxygen atoms in total. The number of rotatable bonds is 9. The molecule has 0 aliphatic rings. The van der Waals surface area contributed by atoms with Crippen LogP contribution in [-0.2, 0) is 0 Å². The SMILES string of the molecule is CCCCCCCCN(C)CCC. The fraction of sp³-hybridized carbons (Fsp3) is 1.00. The monoisotopic (exact) mass is 185 g/mol. The normalized spacial score (nSPS) is 11.1. The van der Waals surface area contributed by atoms with E-state index in [9.17, 15) is 0 Å². The second kappa shape index (κ2) is 10.0. The van der Waals surface area contributed by atoms with E-state index >= 15 is 0 Å². The first-order chi connectivity index (χ1) is 6.31. The number of hydrogen-bond donors (Lipinski definition) is 0. The predicted molar refractivity (Wildman–Crippen MR) is 61.2 cm³/mol. The molecule has 0 aliphatic carbocycles. The summed E-state index contributed by atoms with van der Waals surface area (Å²) >= 11 is 0. The Morgan fingerprint density at radius 3 is 1.92 bits per heavy atom. The van der Waals surface area contributed by atoms with E-state index in [1.54, 1.807) is 0 Å². The second-order valence-electron chi connectivity index (χ2n) is 4.07. The van der Waals surface area contributed by atoms with Gasteiger partial charge in [-0.25, -0.2) is 0 Å². The maximum absolute atomic E-state index is 2.44. The van der Waals surface area contributed by atoms with Crippen molar-refractivity contribution in [2.75, 3.05) is 20.1 Å². The second-order valence-corrected chi connectivity index (χ2v) is 4.07. The summed E-state index contributed by atoms with van der Waals surface area (Å²) < 4.78 is 0. The zero-order chi connectivity index (χ0) is 9.94. The quantitative estimate of drug-likeness (QED) is 0.495. The minimum atomic E-state index is 1.26. The van der Waals surface area contributed by atoms with Gasteiger partial charge in [0, 0.05) is 0 Å². The van der Waals surface area contributed by atoms with Gasteiger partial charge in [0.1, 0.15) is 0 Å². The summed E-state index contributed by atoms with van der Waals surface area (Å²) in [5.74, 6) is 0. The highest BCUT2D eigenvalue weighted by Gasteiger charge is 1.95. The molecule has 0 N–H and O–H groups in total. The first-order valence-corrected chi connectivity index (χ1v) is 5.99. The summed E-state index contributed by atoms with van der Waals surface area (Å²) in [6, 6.07) is 0. The molecule has 0 spiro atoms. The van der Waals surface area contributed by atoms with Gasteiger partial charge < -0.3 is 4.90 Å². The molecule has 0 heterocycles. The van der Waals surface area contributed by atoms with Crippen LogP contribution in [-0.4, -0.2) is 25.0 Å². The Labute approximate surface area is 84.5 Å². The lowest BCUT2D eigenvalue weighted by atomic mass is 10.1. The van der Waals surface area contributed by atoms with Crippen molar-refractivity contribution < 1.29 is 0 Å². The molecular weight excluding hydrogens is 158 g/mol. The maximum Gasteiger partial charge on any atom is -0.00218 e. The lowest BCUT2D eigenvalue weighted by Crippen LogP contribution is -2.20. The zero-order valence-electron chi connectivity index (χ0n) is 9.81. The van der Waals surface area contributed by atoms with E-state index in [1.165, 1.54) is 58.0 Å². The summed E-state index contributed by atoms with van der Waals surface area (Å²) in [5.41, 5.74) is 0. The first-order valence-electron chi connectivity index (χ1n) is 5.99. The van der Waals surface area contributed by atoms with Crippen molar-refractivity contribution in [3.8, 4) is 0 Å². The van der Waals surface area contributed by atoms with Crippen LogP contribution in [0.3, 0.4) is 0 Å². The molecule has 0 amide bonds. The first kappa shape index (κ1) is 13.0. The van der Waals surface area contributed by atoms with Crippen LogP contribution in [0.4, 0.5) is 0 Å². The molecule has 0 aromatic heterocycles. The molecule has 0 aromatic rings. The molecule has 13 heavy (non-hydrogen) atoms. The van der Waals surface area contributed by atoms with Gasteiger partial charge >= 0.3 is 0 Å². The Morgan fingerprint density at radius 1 is 0.692 bits per heavy atom. The largest absolute Gasteiger partial charge is 0.306 e. The molecule has 0 atom stereocenters. The average Bonchev–Trinajstić information content (AvgIpc) is 2.11. The predicted octanol–water partition coefficient (Wildman–Crippen LogP) is 3.69. The smallest absolute Gasteiger partial charge is 0.00218 e. The molecular formula is C12H27N. The Kier molecular flexibility index (Phi) is 10.0. The van der Waals surface area contributed by atoms with Crippen LogP contribution in [0.5, 0.6) is 0 Å². The third-order valence-corrected chi connectivity index (χ3v) is 2.50. The summed E-state index contributed by atoms with van der Waals surface area (Å²) in [5, 5.41) is 0. The maximum atomic E-state index is 2.44. The van der Waals surface area contributed by atoms with Gasteiger partial charge in [0.2, 0.25) is 0 Å². The minimum absolute atomic E-state index is 1.26. The van der Waals surface area contributed by atoms with Gasteiger partial charge in [-0.3, -0.25) is 0 Å². The van der Waals surface area contributed by atoms with Crippen LogP contribution in [0.15, 0.2) is 0 Å². The Bertz CT molecular complexity index is 91.1. The van der Waals surface area contributed by atoms with Crippen molar-refractivity contribution in [3.63, 3.8) is 0 Å². The Hall–Kier alpha value is -0.0400. The minimum Gasteiger partial charge on any atom is -0.306 e. The summed E-state index contributed by atoms with van der Waals surface area (Å²) in [6.07, 6.45) is 9.75. The van der Waals surface area contributed by atoms with E-state index in [0.29, 0.717) is 0 Å². The van der Waals surface area contributed by atoms with E-state index in [-0.39, 0.29) is 0 Å². The van der Waals surface area contributed by atoms with Crippen LogP contribution in [0.1, 0.15) is 58.8 Å². The highest BCUT2D eigenvalue weighted by atomic mass is 15.1. The number of nitrogens with zero attached hydrogens (tertiary/aromatic N) is 1.